The predicted molar refractivity (Wildman–Crippen MR) is 54.9 cm³/mol. The highest BCUT2D eigenvalue weighted by molar-refractivity contribution is 7.93. The number of rotatable bonds is 3. The monoisotopic (exact) mass is 191 g/mol. The van der Waals surface area contributed by atoms with E-state index in [-0.39, 0.29) is 4.75 Å². The van der Waals surface area contributed by atoms with Crippen LogP contribution in [0, 0.1) is 10.7 Å². The third kappa shape index (κ3) is 3.57. The van der Waals surface area contributed by atoms with Crippen LogP contribution in [0.25, 0.3) is 0 Å². The van der Waals surface area contributed by atoms with Gasteiger partial charge >= 0.3 is 0 Å². The van der Waals surface area contributed by atoms with E-state index >= 15 is 0 Å². The Morgan fingerprint density at radius 3 is 2.00 bits per heavy atom. The molecule has 0 aromatic carbocycles. The van der Waals surface area contributed by atoms with Crippen molar-refractivity contribution in [1.82, 2.24) is 0 Å². The molecule has 74 valence electrons. The molecule has 0 aromatic heterocycles. The van der Waals surface area contributed by atoms with Gasteiger partial charge < -0.3 is 0 Å². The molecule has 1 N–H and O–H groups in total. The van der Waals surface area contributed by atoms with Crippen molar-refractivity contribution in [3.8, 4) is 0 Å². The normalized spacial score (nSPS) is 17.8. The molecule has 0 aromatic rings. The largest absolute Gasteiger partial charge is 0.252 e. The molecule has 0 aliphatic heterocycles. The Hall–Kier alpha value is -0.0500. The lowest BCUT2D eigenvalue weighted by Crippen LogP contribution is -2.29. The van der Waals surface area contributed by atoms with Gasteiger partial charge in [0.1, 0.15) is 0 Å². The zero-order valence-electron chi connectivity index (χ0n) is 8.81. The fourth-order valence-electron chi connectivity index (χ4n) is 0.708. The molecule has 12 heavy (non-hydrogen) atoms. The zero-order valence-corrected chi connectivity index (χ0v) is 9.62. The highest BCUT2D eigenvalue weighted by Gasteiger charge is 2.24. The molecule has 0 rings (SSSR count). The lowest BCUT2D eigenvalue weighted by molar-refractivity contribution is 0.599. The summed E-state index contributed by atoms with van der Waals surface area (Å²) >= 11 is 0. The van der Waals surface area contributed by atoms with Crippen LogP contribution in [0.15, 0.2) is 0 Å². The summed E-state index contributed by atoms with van der Waals surface area (Å²) in [6, 6.07) is 0. The zero-order chi connectivity index (χ0) is 9.99. The van der Waals surface area contributed by atoms with E-state index in [0.29, 0.717) is 11.7 Å². The SMILES string of the molecule is CC(C)CC[S@](=N)(=O)C(C)(C)C. The van der Waals surface area contributed by atoms with Crippen LogP contribution in [-0.2, 0) is 9.73 Å². The smallest absolute Gasteiger partial charge is 0.0491 e. The maximum Gasteiger partial charge on any atom is 0.0491 e. The molecule has 2 nitrogen and oxygen atoms in total. The van der Waals surface area contributed by atoms with E-state index in [0.717, 1.165) is 6.42 Å². The van der Waals surface area contributed by atoms with E-state index in [1.54, 1.807) is 0 Å². The summed E-state index contributed by atoms with van der Waals surface area (Å²) in [5, 5.41) is 0. The number of hydrogen-bond acceptors (Lipinski definition) is 2. The predicted octanol–water partition coefficient (Wildman–Crippen LogP) is 2.88. The van der Waals surface area contributed by atoms with Crippen LogP contribution in [0.3, 0.4) is 0 Å². The first-order valence-corrected chi connectivity index (χ1v) is 6.15. The Bertz CT molecular complexity index is 221. The first-order chi connectivity index (χ1) is 5.17. The number of nitrogens with one attached hydrogen (secondary N) is 1. The fourth-order valence-corrected chi connectivity index (χ4v) is 2.12. The average molecular weight is 191 g/mol. The van der Waals surface area contributed by atoms with Crippen molar-refractivity contribution in [3.63, 3.8) is 0 Å². The molecule has 3 heteroatoms. The van der Waals surface area contributed by atoms with Crippen LogP contribution in [0.1, 0.15) is 41.0 Å². The molecule has 0 aliphatic carbocycles. The molecule has 1 atom stereocenters. The van der Waals surface area contributed by atoms with E-state index in [1.165, 1.54) is 0 Å². The van der Waals surface area contributed by atoms with Gasteiger partial charge in [-0.05, 0) is 33.1 Å². The van der Waals surface area contributed by atoms with Gasteiger partial charge in [-0.2, -0.15) is 0 Å². The van der Waals surface area contributed by atoms with Gasteiger partial charge in [0.05, 0.1) is 0 Å². The molecular weight excluding hydrogens is 170 g/mol. The molecule has 0 fully saturated rings. The van der Waals surface area contributed by atoms with Crippen LogP contribution in [-0.4, -0.2) is 14.7 Å². The van der Waals surface area contributed by atoms with Crippen molar-refractivity contribution in [1.29, 1.82) is 4.78 Å². The van der Waals surface area contributed by atoms with E-state index in [9.17, 15) is 4.21 Å². The fraction of sp³-hybridized carbons (Fsp3) is 1.00. The van der Waals surface area contributed by atoms with Crippen LogP contribution >= 0.6 is 0 Å². The topological polar surface area (TPSA) is 40.9 Å². The first-order valence-electron chi connectivity index (χ1n) is 4.43. The quantitative estimate of drug-likeness (QED) is 0.732. The lowest BCUT2D eigenvalue weighted by Gasteiger charge is -2.22. The summed E-state index contributed by atoms with van der Waals surface area (Å²) in [4.78, 5) is 0. The molecule has 0 amide bonds. The van der Waals surface area contributed by atoms with Gasteiger partial charge in [0.25, 0.3) is 0 Å². The van der Waals surface area contributed by atoms with Gasteiger partial charge in [-0.15, -0.1) is 0 Å². The maximum atomic E-state index is 11.8. The Labute approximate surface area is 76.7 Å². The minimum absolute atomic E-state index is 0.373. The maximum absolute atomic E-state index is 11.8. The summed E-state index contributed by atoms with van der Waals surface area (Å²) in [6.07, 6.45) is 0.888. The summed E-state index contributed by atoms with van der Waals surface area (Å²) in [5.74, 6) is 1.08. The van der Waals surface area contributed by atoms with Crippen LogP contribution < -0.4 is 0 Å². The Kier molecular flexibility index (Phi) is 3.76. The van der Waals surface area contributed by atoms with Crippen molar-refractivity contribution in [2.24, 2.45) is 5.92 Å². The Balaban J connectivity index is 4.27. The van der Waals surface area contributed by atoms with Crippen molar-refractivity contribution >= 4 is 9.73 Å². The average Bonchev–Trinajstić information content (AvgIpc) is 1.81. The van der Waals surface area contributed by atoms with Crippen molar-refractivity contribution in [2.75, 3.05) is 5.75 Å². The second-order valence-corrected chi connectivity index (χ2v) is 7.66. The molecule has 0 saturated heterocycles. The lowest BCUT2D eigenvalue weighted by atomic mass is 10.2. The molecule has 0 radical (unpaired) electrons. The molecule has 0 bridgehead atoms. The second-order valence-electron chi connectivity index (χ2n) is 4.67. The van der Waals surface area contributed by atoms with Crippen LogP contribution in [0.2, 0.25) is 0 Å². The minimum atomic E-state index is -2.39. The van der Waals surface area contributed by atoms with Gasteiger partial charge in [0.2, 0.25) is 0 Å². The van der Waals surface area contributed by atoms with Gasteiger partial charge in [0, 0.05) is 20.2 Å². The molecule has 0 unspecified atom stereocenters. The van der Waals surface area contributed by atoms with Gasteiger partial charge in [-0.25, -0.2) is 4.21 Å². The Morgan fingerprint density at radius 2 is 1.75 bits per heavy atom. The molecule has 0 aliphatic rings. The Morgan fingerprint density at radius 1 is 1.33 bits per heavy atom. The van der Waals surface area contributed by atoms with Crippen LogP contribution in [0.4, 0.5) is 0 Å². The second kappa shape index (κ2) is 3.77. The minimum Gasteiger partial charge on any atom is -0.252 e. The van der Waals surface area contributed by atoms with Crippen molar-refractivity contribution in [3.05, 3.63) is 0 Å². The first kappa shape index (κ1) is 11.9. The molecule has 0 heterocycles. The van der Waals surface area contributed by atoms with Gasteiger partial charge in [-0.1, -0.05) is 13.8 Å². The van der Waals surface area contributed by atoms with E-state index in [4.69, 9.17) is 4.78 Å². The third-order valence-corrected chi connectivity index (χ3v) is 4.76. The third-order valence-electron chi connectivity index (χ3n) is 1.97. The van der Waals surface area contributed by atoms with Crippen LogP contribution in [0.5, 0.6) is 0 Å². The summed E-state index contributed by atoms with van der Waals surface area (Å²) < 4.78 is 19.1. The molecular formula is C9H21NOS. The summed E-state index contributed by atoms with van der Waals surface area (Å²) in [7, 11) is -2.39. The highest BCUT2D eigenvalue weighted by atomic mass is 32.2. The van der Waals surface area contributed by atoms with E-state index in [1.807, 2.05) is 20.8 Å². The number of hydrogen-bond donors (Lipinski definition) is 1. The van der Waals surface area contributed by atoms with Gasteiger partial charge in [-0.3, -0.25) is 4.78 Å². The molecule has 0 saturated carbocycles. The highest BCUT2D eigenvalue weighted by Crippen LogP contribution is 2.19. The summed E-state index contributed by atoms with van der Waals surface area (Å²) in [5.41, 5.74) is 0. The summed E-state index contributed by atoms with van der Waals surface area (Å²) in [6.45, 7) is 9.82. The van der Waals surface area contributed by atoms with E-state index in [2.05, 4.69) is 13.8 Å². The van der Waals surface area contributed by atoms with E-state index < -0.39 is 9.73 Å². The van der Waals surface area contributed by atoms with Crippen molar-refractivity contribution in [2.45, 2.75) is 45.8 Å². The standard InChI is InChI=1S/C9H21NOS/c1-8(2)6-7-12(10,11)9(3,4)5/h8,10H,6-7H2,1-5H3/t12-/m0/s1. The van der Waals surface area contributed by atoms with Gasteiger partial charge in [0.15, 0.2) is 0 Å². The van der Waals surface area contributed by atoms with Crippen molar-refractivity contribution < 1.29 is 4.21 Å². The molecule has 0 spiro atoms.